The highest BCUT2D eigenvalue weighted by atomic mass is 32.2. The van der Waals surface area contributed by atoms with Crippen LogP contribution in [0.4, 0.5) is 0 Å². The molecule has 34 heavy (non-hydrogen) atoms. The zero-order chi connectivity index (χ0) is 24.5. The molecule has 0 unspecified atom stereocenters. The first-order valence-corrected chi connectivity index (χ1v) is 14.2. The Kier molecular flexibility index (Phi) is 7.36. The van der Waals surface area contributed by atoms with Crippen LogP contribution in [0.25, 0.3) is 10.2 Å². The van der Waals surface area contributed by atoms with Gasteiger partial charge in [0.1, 0.15) is 10.8 Å². The van der Waals surface area contributed by atoms with Crippen LogP contribution in [0.5, 0.6) is 0 Å². The quantitative estimate of drug-likeness (QED) is 0.463. The number of amides is 1. The van der Waals surface area contributed by atoms with E-state index in [1.165, 1.54) is 27.0 Å². The molecule has 3 aromatic rings. The standard InChI is InChI=1S/C23H27N3O5S3/c1-4-31-20(27)14-26-18-12-15(2)16(3)13-19(18)33-23(26)24-22(28)17-7-9-25(10-8-17)34(29,30)21-6-5-11-32-21/h5-6,11-13,17H,4,7-10,14H2,1-3H3. The third kappa shape index (κ3) is 5.02. The van der Waals surface area contributed by atoms with Gasteiger partial charge in [0.25, 0.3) is 15.9 Å². The van der Waals surface area contributed by atoms with Crippen molar-refractivity contribution in [1.82, 2.24) is 8.87 Å². The lowest BCUT2D eigenvalue weighted by Gasteiger charge is -2.29. The van der Waals surface area contributed by atoms with Crippen molar-refractivity contribution >= 4 is 54.8 Å². The number of carbonyl (C=O) groups excluding carboxylic acids is 2. The molecule has 1 fully saturated rings. The fraction of sp³-hybridized carbons (Fsp3) is 0.435. The van der Waals surface area contributed by atoms with Crippen LogP contribution in [0.2, 0.25) is 0 Å². The van der Waals surface area contributed by atoms with Crippen LogP contribution >= 0.6 is 22.7 Å². The van der Waals surface area contributed by atoms with E-state index in [1.807, 2.05) is 26.0 Å². The van der Waals surface area contributed by atoms with Crippen LogP contribution in [-0.4, -0.2) is 48.9 Å². The van der Waals surface area contributed by atoms with Gasteiger partial charge in [0.2, 0.25) is 0 Å². The lowest BCUT2D eigenvalue weighted by molar-refractivity contribution is -0.143. The van der Waals surface area contributed by atoms with E-state index in [0.717, 1.165) is 21.3 Å². The van der Waals surface area contributed by atoms with Crippen LogP contribution in [-0.2, 0) is 30.9 Å². The summed E-state index contributed by atoms with van der Waals surface area (Å²) in [4.78, 5) is 30.2. The lowest BCUT2D eigenvalue weighted by Crippen LogP contribution is -2.40. The van der Waals surface area contributed by atoms with E-state index in [1.54, 1.807) is 29.0 Å². The number of thiazole rings is 1. The number of carbonyl (C=O) groups is 2. The summed E-state index contributed by atoms with van der Waals surface area (Å²) in [5.41, 5.74) is 3.04. The van der Waals surface area contributed by atoms with Crippen molar-refractivity contribution in [2.24, 2.45) is 10.9 Å². The number of hydrogen-bond donors (Lipinski definition) is 0. The third-order valence-electron chi connectivity index (χ3n) is 5.99. The zero-order valence-corrected chi connectivity index (χ0v) is 21.8. The molecule has 1 saturated heterocycles. The molecule has 1 aromatic carbocycles. The van der Waals surface area contributed by atoms with Crippen molar-refractivity contribution in [3.8, 4) is 0 Å². The Bertz CT molecular complexity index is 1380. The predicted molar refractivity (Wildman–Crippen MR) is 132 cm³/mol. The van der Waals surface area contributed by atoms with Gasteiger partial charge < -0.3 is 9.30 Å². The molecule has 1 amide bonds. The van der Waals surface area contributed by atoms with Gasteiger partial charge >= 0.3 is 5.97 Å². The van der Waals surface area contributed by atoms with Crippen LogP contribution in [0.3, 0.4) is 0 Å². The number of rotatable bonds is 6. The summed E-state index contributed by atoms with van der Waals surface area (Å²) in [7, 11) is -3.52. The maximum Gasteiger partial charge on any atom is 0.326 e. The SMILES string of the molecule is CCOC(=O)Cn1c(=NC(=O)C2CCN(S(=O)(=O)c3cccs3)CC2)sc2cc(C)c(C)cc21. The number of thiophene rings is 1. The Morgan fingerprint density at radius 2 is 1.88 bits per heavy atom. The molecule has 0 aliphatic carbocycles. The van der Waals surface area contributed by atoms with Crippen molar-refractivity contribution in [3.63, 3.8) is 0 Å². The van der Waals surface area contributed by atoms with Crippen molar-refractivity contribution < 1.29 is 22.7 Å². The summed E-state index contributed by atoms with van der Waals surface area (Å²) in [5.74, 6) is -1.04. The van der Waals surface area contributed by atoms with Crippen molar-refractivity contribution in [2.75, 3.05) is 19.7 Å². The minimum absolute atomic E-state index is 0.0278. The number of ether oxygens (including phenoxy) is 1. The Balaban J connectivity index is 1.59. The van der Waals surface area contributed by atoms with Gasteiger partial charge in [-0.2, -0.15) is 9.30 Å². The minimum atomic E-state index is -3.52. The normalized spacial score (nSPS) is 16.3. The Hall–Kier alpha value is -2.34. The van der Waals surface area contributed by atoms with Gasteiger partial charge in [-0.25, -0.2) is 8.42 Å². The lowest BCUT2D eigenvalue weighted by atomic mass is 9.98. The molecule has 0 spiro atoms. The van der Waals surface area contributed by atoms with Gasteiger partial charge in [0, 0.05) is 19.0 Å². The Morgan fingerprint density at radius 1 is 1.18 bits per heavy atom. The smallest absolute Gasteiger partial charge is 0.326 e. The largest absolute Gasteiger partial charge is 0.465 e. The van der Waals surface area contributed by atoms with Crippen molar-refractivity contribution in [3.05, 3.63) is 45.6 Å². The number of fused-ring (bicyclic) bond motifs is 1. The van der Waals surface area contributed by atoms with Crippen LogP contribution in [0.15, 0.2) is 38.8 Å². The van der Waals surface area contributed by atoms with E-state index in [0.29, 0.717) is 21.9 Å². The summed E-state index contributed by atoms with van der Waals surface area (Å²) >= 11 is 2.56. The second-order valence-electron chi connectivity index (χ2n) is 8.24. The van der Waals surface area contributed by atoms with Crippen molar-refractivity contribution in [2.45, 2.75) is 44.4 Å². The van der Waals surface area contributed by atoms with Crippen molar-refractivity contribution in [1.29, 1.82) is 0 Å². The molecule has 0 atom stereocenters. The highest BCUT2D eigenvalue weighted by Gasteiger charge is 2.32. The van der Waals surface area contributed by atoms with Crippen LogP contribution < -0.4 is 4.80 Å². The summed E-state index contributed by atoms with van der Waals surface area (Å²) in [5, 5.41) is 1.74. The number of nitrogens with zero attached hydrogens (tertiary/aromatic N) is 3. The molecule has 0 N–H and O–H groups in total. The second-order valence-corrected chi connectivity index (χ2v) is 12.4. The molecule has 1 aliphatic heterocycles. The van der Waals surface area contributed by atoms with Gasteiger partial charge in [-0.1, -0.05) is 17.4 Å². The number of aromatic nitrogens is 1. The predicted octanol–water partition coefficient (Wildman–Crippen LogP) is 3.47. The van der Waals surface area contributed by atoms with Crippen LogP contribution in [0, 0.1) is 19.8 Å². The van der Waals surface area contributed by atoms with Gasteiger partial charge in [-0.05, 0) is 68.3 Å². The fourth-order valence-corrected chi connectivity index (χ4v) is 7.69. The molecule has 11 heteroatoms. The van der Waals surface area contributed by atoms with E-state index in [2.05, 4.69) is 4.99 Å². The molecule has 4 rings (SSSR count). The number of esters is 1. The van der Waals surface area contributed by atoms with Gasteiger partial charge in [0.15, 0.2) is 4.80 Å². The van der Waals surface area contributed by atoms with Gasteiger partial charge in [-0.3, -0.25) is 9.59 Å². The highest BCUT2D eigenvalue weighted by molar-refractivity contribution is 7.91. The first-order valence-electron chi connectivity index (χ1n) is 11.1. The number of piperidine rings is 1. The summed E-state index contributed by atoms with van der Waals surface area (Å²) < 4.78 is 35.1. The molecule has 0 saturated carbocycles. The maximum absolute atomic E-state index is 13.1. The number of aryl methyl sites for hydroxylation is 2. The summed E-state index contributed by atoms with van der Waals surface area (Å²) in [6.45, 7) is 6.57. The monoisotopic (exact) mass is 521 g/mol. The molecular weight excluding hydrogens is 494 g/mol. The first-order chi connectivity index (χ1) is 16.2. The topological polar surface area (TPSA) is 98.0 Å². The molecule has 182 valence electrons. The molecule has 8 nitrogen and oxygen atoms in total. The molecule has 0 bridgehead atoms. The third-order valence-corrected chi connectivity index (χ3v) is 10.3. The Labute approximate surface area is 206 Å². The van der Waals surface area contributed by atoms with E-state index in [-0.39, 0.29) is 44.0 Å². The zero-order valence-electron chi connectivity index (χ0n) is 19.3. The molecular formula is C23H27N3O5S3. The second kappa shape index (κ2) is 10.1. The number of sulfonamides is 1. The molecule has 2 aromatic heterocycles. The molecule has 1 aliphatic rings. The van der Waals surface area contributed by atoms with Gasteiger partial charge in [-0.15, -0.1) is 11.3 Å². The van der Waals surface area contributed by atoms with E-state index in [9.17, 15) is 18.0 Å². The number of benzene rings is 1. The van der Waals surface area contributed by atoms with E-state index in [4.69, 9.17) is 4.74 Å². The summed E-state index contributed by atoms with van der Waals surface area (Å²) in [6.07, 6.45) is 0.821. The van der Waals surface area contributed by atoms with Crippen LogP contribution in [0.1, 0.15) is 30.9 Å². The molecule has 3 heterocycles. The minimum Gasteiger partial charge on any atom is -0.465 e. The maximum atomic E-state index is 13.1. The average molecular weight is 522 g/mol. The van der Waals surface area contributed by atoms with Gasteiger partial charge in [0.05, 0.1) is 16.8 Å². The Morgan fingerprint density at radius 3 is 2.53 bits per heavy atom. The first kappa shape index (κ1) is 24.8. The average Bonchev–Trinajstić information content (AvgIpc) is 3.45. The highest BCUT2D eigenvalue weighted by Crippen LogP contribution is 2.27. The fourth-order valence-electron chi connectivity index (χ4n) is 3.96. The van der Waals surface area contributed by atoms with E-state index < -0.39 is 10.0 Å². The number of hydrogen-bond acceptors (Lipinski definition) is 7. The summed E-state index contributed by atoms with van der Waals surface area (Å²) in [6, 6.07) is 7.35. The van der Waals surface area contributed by atoms with E-state index >= 15 is 0 Å². The molecule has 0 radical (unpaired) electrons.